The van der Waals surface area contributed by atoms with E-state index >= 15 is 0 Å². The first kappa shape index (κ1) is 35.8. The Bertz CT molecular complexity index is 1350. The maximum absolute atomic E-state index is 13.9. The van der Waals surface area contributed by atoms with Crippen molar-refractivity contribution >= 4 is 6.08 Å². The second-order valence-corrected chi connectivity index (χ2v) is 10.7. The molecule has 236 valence electrons. The van der Waals surface area contributed by atoms with E-state index in [1.165, 1.54) is 23.3 Å². The largest absolute Gasteiger partial charge is 0.495 e. The number of nitrogens with zero attached hydrogens (tertiary/aromatic N) is 3. The topological polar surface area (TPSA) is 59.8 Å². The molecule has 1 aliphatic rings. The molecule has 2 atom stereocenters. The number of hydroxylamine groups is 2. The van der Waals surface area contributed by atoms with Gasteiger partial charge in [-0.1, -0.05) is 59.7 Å². The maximum atomic E-state index is 13.9. The van der Waals surface area contributed by atoms with Gasteiger partial charge in [-0.05, 0) is 92.1 Å². The van der Waals surface area contributed by atoms with E-state index in [2.05, 4.69) is 37.9 Å². The van der Waals surface area contributed by atoms with Crippen LogP contribution in [0.15, 0.2) is 71.8 Å². The third-order valence-corrected chi connectivity index (χ3v) is 7.54. The van der Waals surface area contributed by atoms with Crippen LogP contribution in [0.1, 0.15) is 91.5 Å². The summed E-state index contributed by atoms with van der Waals surface area (Å²) >= 11 is 0. The van der Waals surface area contributed by atoms with Crippen molar-refractivity contribution in [1.82, 2.24) is 14.6 Å². The van der Waals surface area contributed by atoms with E-state index in [-0.39, 0.29) is 18.3 Å². The zero-order valence-electron chi connectivity index (χ0n) is 27.9. The van der Waals surface area contributed by atoms with Gasteiger partial charge in [0, 0.05) is 19.2 Å². The number of halogens is 1. The Labute approximate surface area is 258 Å². The molecule has 2 aromatic carbocycles. The van der Waals surface area contributed by atoms with E-state index < -0.39 is 5.54 Å². The second-order valence-electron chi connectivity index (χ2n) is 10.7. The molecule has 1 saturated heterocycles. The highest BCUT2D eigenvalue weighted by Gasteiger charge is 2.41. The molecule has 0 bridgehead atoms. The molecule has 3 aromatic rings. The number of benzene rings is 2. The fourth-order valence-electron chi connectivity index (χ4n) is 5.33. The number of hydrogen-bond donors (Lipinski definition) is 1. The van der Waals surface area contributed by atoms with Gasteiger partial charge < -0.3 is 14.4 Å². The lowest BCUT2D eigenvalue weighted by molar-refractivity contribution is -0.210. The minimum Gasteiger partial charge on any atom is -0.495 e. The molecule has 0 spiro atoms. The van der Waals surface area contributed by atoms with Gasteiger partial charge in [0.15, 0.2) is 0 Å². The molecular formula is C36H52FN3O3. The molecule has 1 aromatic heterocycles. The smallest absolute Gasteiger partial charge is 0.143 e. The van der Waals surface area contributed by atoms with Gasteiger partial charge in [-0.2, -0.15) is 0 Å². The monoisotopic (exact) mass is 593 g/mol. The molecule has 1 fully saturated rings. The summed E-state index contributed by atoms with van der Waals surface area (Å²) in [6.07, 6.45) is 8.21. The molecule has 7 heteroatoms. The summed E-state index contributed by atoms with van der Waals surface area (Å²) in [4.78, 5) is 10.8. The number of rotatable bonds is 9. The van der Waals surface area contributed by atoms with Crippen molar-refractivity contribution in [2.45, 2.75) is 87.1 Å². The average molecular weight is 594 g/mol. The molecule has 6 nitrogen and oxygen atoms in total. The van der Waals surface area contributed by atoms with Gasteiger partial charge in [0.25, 0.3) is 0 Å². The first-order valence-electron chi connectivity index (χ1n) is 15.6. The molecule has 1 aliphatic heterocycles. The van der Waals surface area contributed by atoms with Gasteiger partial charge >= 0.3 is 0 Å². The number of imidazole rings is 1. The SMILES string of the molecule is CC.CC.CC/C(C)=C1\C(=C\c2ccc(-n3cnc(C)c3)c(OC)c2)CCON1C(C)(CC(C)CO)c1ccc(F)cc1. The van der Waals surface area contributed by atoms with E-state index in [0.717, 1.165) is 46.8 Å². The molecule has 1 N–H and O–H groups in total. The van der Waals surface area contributed by atoms with Crippen LogP contribution in [0.5, 0.6) is 5.75 Å². The first-order chi connectivity index (χ1) is 20.7. The van der Waals surface area contributed by atoms with Crippen molar-refractivity contribution in [1.29, 1.82) is 0 Å². The number of ether oxygens (including phenoxy) is 1. The molecular weight excluding hydrogens is 541 g/mol. The van der Waals surface area contributed by atoms with Gasteiger partial charge in [-0.25, -0.2) is 14.4 Å². The minimum atomic E-state index is -0.623. The van der Waals surface area contributed by atoms with Crippen LogP contribution in [-0.2, 0) is 10.4 Å². The van der Waals surface area contributed by atoms with E-state index in [0.29, 0.717) is 13.0 Å². The predicted molar refractivity (Wildman–Crippen MR) is 176 cm³/mol. The Hall–Kier alpha value is -3.42. The lowest BCUT2D eigenvalue weighted by atomic mass is 9.81. The second kappa shape index (κ2) is 17.0. The first-order valence-corrected chi connectivity index (χ1v) is 15.6. The van der Waals surface area contributed by atoms with Crippen LogP contribution in [0.4, 0.5) is 4.39 Å². The van der Waals surface area contributed by atoms with Gasteiger partial charge in [0.2, 0.25) is 0 Å². The molecule has 0 amide bonds. The highest BCUT2D eigenvalue weighted by molar-refractivity contribution is 5.64. The Morgan fingerprint density at radius 2 is 1.84 bits per heavy atom. The molecule has 0 radical (unpaired) electrons. The number of aryl methyl sites for hydroxylation is 1. The Balaban J connectivity index is 0.00000155. The fourth-order valence-corrected chi connectivity index (χ4v) is 5.33. The van der Waals surface area contributed by atoms with E-state index in [4.69, 9.17) is 9.57 Å². The zero-order valence-corrected chi connectivity index (χ0v) is 27.9. The van der Waals surface area contributed by atoms with Crippen LogP contribution in [0.3, 0.4) is 0 Å². The maximum Gasteiger partial charge on any atom is 0.143 e. The predicted octanol–water partition coefficient (Wildman–Crippen LogP) is 9.02. The molecule has 2 unspecified atom stereocenters. The van der Waals surface area contributed by atoms with Crippen molar-refractivity contribution < 1.29 is 19.1 Å². The number of hydrogen-bond acceptors (Lipinski definition) is 5. The summed E-state index contributed by atoms with van der Waals surface area (Å²) in [6, 6.07) is 12.8. The summed E-state index contributed by atoms with van der Waals surface area (Å²) < 4.78 is 21.6. The minimum absolute atomic E-state index is 0.0183. The number of methoxy groups -OCH3 is 1. The van der Waals surface area contributed by atoms with Gasteiger partial charge in [-0.3, -0.25) is 4.84 Å². The fraction of sp³-hybridized carbons (Fsp3) is 0.472. The van der Waals surface area contributed by atoms with Crippen molar-refractivity contribution in [3.05, 3.63) is 94.5 Å². The van der Waals surface area contributed by atoms with Crippen molar-refractivity contribution in [2.24, 2.45) is 5.92 Å². The summed E-state index contributed by atoms with van der Waals surface area (Å²) in [5.74, 6) is 0.501. The molecule has 0 saturated carbocycles. The summed E-state index contributed by atoms with van der Waals surface area (Å²) in [7, 11) is 1.68. The normalized spacial score (nSPS) is 17.2. The summed E-state index contributed by atoms with van der Waals surface area (Å²) in [5.41, 5.74) is 6.61. The lowest BCUT2D eigenvalue weighted by Crippen LogP contribution is -2.47. The number of aliphatic hydroxyl groups is 1. The molecule has 43 heavy (non-hydrogen) atoms. The van der Waals surface area contributed by atoms with Crippen LogP contribution >= 0.6 is 0 Å². The number of allylic oxidation sites excluding steroid dienone is 2. The number of aromatic nitrogens is 2. The Kier molecular flexibility index (Phi) is 14.2. The molecule has 2 heterocycles. The highest BCUT2D eigenvalue weighted by atomic mass is 19.1. The van der Waals surface area contributed by atoms with Crippen LogP contribution in [0.2, 0.25) is 0 Å². The summed E-state index contributed by atoms with van der Waals surface area (Å²) in [6.45, 7) is 18.9. The summed E-state index contributed by atoms with van der Waals surface area (Å²) in [5, 5.41) is 12.0. The number of aliphatic hydroxyl groups excluding tert-OH is 1. The van der Waals surface area contributed by atoms with E-state index in [1.807, 2.05) is 81.6 Å². The quantitative estimate of drug-likeness (QED) is 0.268. The lowest BCUT2D eigenvalue weighted by Gasteiger charge is -2.47. The van der Waals surface area contributed by atoms with Crippen LogP contribution in [0, 0.1) is 18.7 Å². The van der Waals surface area contributed by atoms with E-state index in [1.54, 1.807) is 13.4 Å². The standard InChI is InChI=1S/C32H40FN3O3.2C2H6/c1-7-23(3)31-26(16-25-8-13-29(30(17-25)38-6)35-19-24(4)34-21-35)14-15-39-36(31)32(5,18-22(2)20-37)27-9-11-28(33)12-10-27;2*1-2/h8-13,16-17,19,21-22,37H,7,14-15,18,20H2,1-6H3;2*1-2H3/b26-16+,31-23+;;. The van der Waals surface area contributed by atoms with Crippen LogP contribution in [0.25, 0.3) is 11.8 Å². The van der Waals surface area contributed by atoms with Gasteiger partial charge in [-0.15, -0.1) is 0 Å². The average Bonchev–Trinajstić information content (AvgIpc) is 3.48. The zero-order chi connectivity index (χ0) is 32.2. The van der Waals surface area contributed by atoms with Crippen molar-refractivity contribution in [2.75, 3.05) is 20.3 Å². The van der Waals surface area contributed by atoms with Crippen LogP contribution < -0.4 is 4.74 Å². The third kappa shape index (κ3) is 8.58. The molecule has 0 aliphatic carbocycles. The third-order valence-electron chi connectivity index (χ3n) is 7.54. The van der Waals surface area contributed by atoms with Crippen molar-refractivity contribution in [3.8, 4) is 11.4 Å². The van der Waals surface area contributed by atoms with Gasteiger partial charge in [0.1, 0.15) is 11.6 Å². The Morgan fingerprint density at radius 1 is 1.16 bits per heavy atom. The Morgan fingerprint density at radius 3 is 2.40 bits per heavy atom. The van der Waals surface area contributed by atoms with Crippen molar-refractivity contribution in [3.63, 3.8) is 0 Å². The van der Waals surface area contributed by atoms with Crippen LogP contribution in [-0.4, -0.2) is 40.0 Å². The van der Waals surface area contributed by atoms with Gasteiger partial charge in [0.05, 0.1) is 42.7 Å². The highest BCUT2D eigenvalue weighted by Crippen LogP contribution is 2.44. The van der Waals surface area contributed by atoms with E-state index in [9.17, 15) is 9.50 Å². The molecule has 4 rings (SSSR count).